The molecule has 0 aliphatic heterocycles. The molecule has 0 saturated heterocycles. The van der Waals surface area contributed by atoms with Gasteiger partial charge in [0, 0.05) is 29.8 Å². The van der Waals surface area contributed by atoms with Gasteiger partial charge in [-0.2, -0.15) is 0 Å². The van der Waals surface area contributed by atoms with Crippen LogP contribution in [-0.4, -0.2) is 24.6 Å². The van der Waals surface area contributed by atoms with E-state index in [9.17, 15) is 20.2 Å². The van der Waals surface area contributed by atoms with E-state index in [-0.39, 0.29) is 21.4 Å². The van der Waals surface area contributed by atoms with Crippen LogP contribution in [0.2, 0.25) is 10.0 Å². The molecular formula is C30H39Cl2N5O4. The van der Waals surface area contributed by atoms with Crippen molar-refractivity contribution >= 4 is 34.6 Å². The van der Waals surface area contributed by atoms with E-state index in [1.807, 2.05) is 4.57 Å². The number of halogens is 2. The smallest absolute Gasteiger partial charge is 0.288 e. The molecule has 0 bridgehead atoms. The summed E-state index contributed by atoms with van der Waals surface area (Å²) in [5, 5.41) is 31.6. The van der Waals surface area contributed by atoms with Crippen molar-refractivity contribution in [3.63, 3.8) is 0 Å². The Morgan fingerprint density at radius 2 is 1.00 bits per heavy atom. The quantitative estimate of drug-likeness (QED) is 0.0763. The second kappa shape index (κ2) is 17.0. The number of aromatic nitrogens is 3. The van der Waals surface area contributed by atoms with E-state index in [1.54, 1.807) is 12.1 Å². The van der Waals surface area contributed by atoms with E-state index in [2.05, 4.69) is 17.1 Å². The zero-order valence-corrected chi connectivity index (χ0v) is 25.2. The topological polar surface area (TPSA) is 117 Å². The third-order valence-corrected chi connectivity index (χ3v) is 7.93. The number of hydrogen-bond acceptors (Lipinski definition) is 6. The van der Waals surface area contributed by atoms with Gasteiger partial charge in [0.05, 0.1) is 9.85 Å². The molecule has 0 amide bonds. The minimum absolute atomic E-state index is 0.0327. The molecule has 9 nitrogen and oxygen atoms in total. The Morgan fingerprint density at radius 3 is 1.37 bits per heavy atom. The number of nitro benzene ring substituents is 2. The molecule has 0 saturated carbocycles. The molecule has 0 fully saturated rings. The zero-order chi connectivity index (χ0) is 29.6. The maximum Gasteiger partial charge on any atom is 0.288 e. The summed E-state index contributed by atoms with van der Waals surface area (Å²) < 4.78 is 1.86. The maximum absolute atomic E-state index is 11.5. The average Bonchev–Trinajstić information content (AvgIpc) is 3.37. The fraction of sp³-hybridized carbons (Fsp3) is 0.533. The van der Waals surface area contributed by atoms with Gasteiger partial charge >= 0.3 is 0 Å². The number of rotatable bonds is 19. The first kappa shape index (κ1) is 32.5. The summed E-state index contributed by atoms with van der Waals surface area (Å²) in [6, 6.07) is 9.01. The van der Waals surface area contributed by atoms with Gasteiger partial charge in [-0.3, -0.25) is 20.2 Å². The molecule has 3 rings (SSSR count). The van der Waals surface area contributed by atoms with Crippen molar-refractivity contribution in [1.29, 1.82) is 0 Å². The van der Waals surface area contributed by atoms with Crippen molar-refractivity contribution in [2.24, 2.45) is 0 Å². The van der Waals surface area contributed by atoms with Gasteiger partial charge < -0.3 is 4.57 Å². The van der Waals surface area contributed by atoms with Crippen molar-refractivity contribution in [3.05, 3.63) is 66.7 Å². The molecule has 11 heteroatoms. The number of nitrogens with zero attached hydrogens (tertiary/aromatic N) is 5. The Labute approximate surface area is 251 Å². The van der Waals surface area contributed by atoms with Gasteiger partial charge in [0.2, 0.25) is 0 Å². The van der Waals surface area contributed by atoms with Crippen LogP contribution in [0.25, 0.3) is 22.8 Å². The molecular weight excluding hydrogens is 565 g/mol. The van der Waals surface area contributed by atoms with Crippen molar-refractivity contribution in [2.75, 3.05) is 0 Å². The predicted octanol–water partition coefficient (Wildman–Crippen LogP) is 10.2. The van der Waals surface area contributed by atoms with Crippen LogP contribution < -0.4 is 0 Å². The van der Waals surface area contributed by atoms with Gasteiger partial charge in [0.1, 0.15) is 10.0 Å². The lowest BCUT2D eigenvalue weighted by atomic mass is 10.0. The molecule has 0 atom stereocenters. The highest BCUT2D eigenvalue weighted by Gasteiger charge is 2.22. The van der Waals surface area contributed by atoms with E-state index < -0.39 is 9.85 Å². The Bertz CT molecular complexity index is 1220. The number of hydrogen-bond donors (Lipinski definition) is 0. The third-order valence-electron chi connectivity index (χ3n) is 7.29. The van der Waals surface area contributed by atoms with Crippen LogP contribution in [-0.2, 0) is 6.54 Å². The fourth-order valence-electron chi connectivity index (χ4n) is 4.99. The molecule has 0 unspecified atom stereocenters. The Morgan fingerprint density at radius 1 is 0.634 bits per heavy atom. The van der Waals surface area contributed by atoms with E-state index in [0.717, 1.165) is 19.3 Å². The molecule has 0 spiro atoms. The standard InChI is InChI=1S/C30H39Cl2N5O4/c1-2-3-4-5-6-7-8-9-10-11-12-13-14-15-20-35-29(23-16-18-25(31)27(21-23)36(38)39)33-34-30(35)24-17-19-26(32)28(22-24)37(40)41/h16-19,21-22H,2-15,20H2,1H3. The van der Waals surface area contributed by atoms with E-state index >= 15 is 0 Å². The maximum atomic E-state index is 11.5. The van der Waals surface area contributed by atoms with Crippen LogP contribution in [0.5, 0.6) is 0 Å². The molecule has 1 aromatic heterocycles. The van der Waals surface area contributed by atoms with Crippen molar-refractivity contribution in [2.45, 2.75) is 103 Å². The molecule has 222 valence electrons. The second-order valence-electron chi connectivity index (χ2n) is 10.4. The highest BCUT2D eigenvalue weighted by atomic mass is 35.5. The molecule has 3 aromatic rings. The van der Waals surface area contributed by atoms with Gasteiger partial charge in [-0.1, -0.05) is 114 Å². The normalized spacial score (nSPS) is 11.2. The SMILES string of the molecule is CCCCCCCCCCCCCCCCn1c(-c2ccc(Cl)c([N+](=O)[O-])c2)nnc1-c1ccc(Cl)c([N+](=O)[O-])c1. The minimum atomic E-state index is -0.538. The van der Waals surface area contributed by atoms with Crippen LogP contribution >= 0.6 is 23.2 Å². The monoisotopic (exact) mass is 603 g/mol. The summed E-state index contributed by atoms with van der Waals surface area (Å²) in [4.78, 5) is 21.9. The van der Waals surface area contributed by atoms with Gasteiger partial charge in [0.15, 0.2) is 11.6 Å². The van der Waals surface area contributed by atoms with Crippen LogP contribution in [0.4, 0.5) is 11.4 Å². The van der Waals surface area contributed by atoms with Gasteiger partial charge in [-0.25, -0.2) is 0 Å². The number of nitro groups is 2. The van der Waals surface area contributed by atoms with Crippen LogP contribution in [0, 0.1) is 20.2 Å². The van der Waals surface area contributed by atoms with Gasteiger partial charge in [0.25, 0.3) is 11.4 Å². The van der Waals surface area contributed by atoms with Gasteiger partial charge in [-0.15, -0.1) is 10.2 Å². The lowest BCUT2D eigenvalue weighted by molar-refractivity contribution is -0.384. The van der Waals surface area contributed by atoms with E-state index in [4.69, 9.17) is 23.2 Å². The van der Waals surface area contributed by atoms with E-state index in [0.29, 0.717) is 29.3 Å². The zero-order valence-electron chi connectivity index (χ0n) is 23.7. The second-order valence-corrected chi connectivity index (χ2v) is 11.3. The lowest BCUT2D eigenvalue weighted by Crippen LogP contribution is -2.04. The summed E-state index contributed by atoms with van der Waals surface area (Å²) >= 11 is 12.0. The van der Waals surface area contributed by atoms with Crippen LogP contribution in [0.15, 0.2) is 36.4 Å². The predicted molar refractivity (Wildman–Crippen MR) is 165 cm³/mol. The Balaban J connectivity index is 1.62. The van der Waals surface area contributed by atoms with E-state index in [1.165, 1.54) is 94.9 Å². The lowest BCUT2D eigenvalue weighted by Gasteiger charge is -2.11. The Hall–Kier alpha value is -3.04. The first-order valence-electron chi connectivity index (χ1n) is 14.6. The van der Waals surface area contributed by atoms with Crippen LogP contribution in [0.1, 0.15) is 96.8 Å². The first-order chi connectivity index (χ1) is 19.8. The molecule has 41 heavy (non-hydrogen) atoms. The number of unbranched alkanes of at least 4 members (excludes halogenated alkanes) is 13. The van der Waals surface area contributed by atoms with Crippen molar-refractivity contribution in [1.82, 2.24) is 14.8 Å². The number of benzene rings is 2. The van der Waals surface area contributed by atoms with Crippen LogP contribution in [0.3, 0.4) is 0 Å². The summed E-state index contributed by atoms with van der Waals surface area (Å²) in [5.74, 6) is 0.874. The summed E-state index contributed by atoms with van der Waals surface area (Å²) in [6.45, 7) is 2.81. The highest BCUT2D eigenvalue weighted by Crippen LogP contribution is 2.34. The fourth-order valence-corrected chi connectivity index (χ4v) is 5.36. The highest BCUT2D eigenvalue weighted by molar-refractivity contribution is 6.33. The molecule has 1 heterocycles. The van der Waals surface area contributed by atoms with Gasteiger partial charge in [-0.05, 0) is 30.7 Å². The molecule has 0 aliphatic carbocycles. The molecule has 0 aliphatic rings. The molecule has 0 radical (unpaired) electrons. The molecule has 0 N–H and O–H groups in total. The average molecular weight is 605 g/mol. The van der Waals surface area contributed by atoms with Crippen molar-refractivity contribution < 1.29 is 9.85 Å². The first-order valence-corrected chi connectivity index (χ1v) is 15.4. The largest absolute Gasteiger partial charge is 0.307 e. The van der Waals surface area contributed by atoms with Crippen molar-refractivity contribution in [3.8, 4) is 22.8 Å². The summed E-state index contributed by atoms with van der Waals surface area (Å²) in [6.07, 6.45) is 17.4. The Kier molecular flexibility index (Phi) is 13.5. The molecule has 2 aromatic carbocycles. The summed E-state index contributed by atoms with van der Waals surface area (Å²) in [7, 11) is 0. The summed E-state index contributed by atoms with van der Waals surface area (Å²) in [5.41, 5.74) is 0.542. The third kappa shape index (κ3) is 9.78. The minimum Gasteiger partial charge on any atom is -0.307 e.